The van der Waals surface area contributed by atoms with Crippen molar-refractivity contribution in [1.82, 2.24) is 3.96 Å². The Morgan fingerprint density at radius 3 is 2.53 bits per heavy atom. The number of carbonyl (C=O) groups is 1. The Kier molecular flexibility index (Phi) is 3.34. The van der Waals surface area contributed by atoms with Gasteiger partial charge in [0.05, 0.1) is 4.88 Å². The molecule has 4 heteroatoms. The van der Waals surface area contributed by atoms with E-state index < -0.39 is 0 Å². The van der Waals surface area contributed by atoms with Gasteiger partial charge in [-0.05, 0) is 12.8 Å². The van der Waals surface area contributed by atoms with Gasteiger partial charge in [-0.3, -0.25) is 13.5 Å². The fourth-order valence-electron chi connectivity index (χ4n) is 2.59. The molecule has 0 atom stereocenters. The summed E-state index contributed by atoms with van der Waals surface area (Å²) < 4.78 is 1.78. The van der Waals surface area contributed by atoms with E-state index in [1.54, 1.807) is 16.1 Å². The highest BCUT2D eigenvalue weighted by Gasteiger charge is 2.22. The summed E-state index contributed by atoms with van der Waals surface area (Å²) in [7, 11) is 0. The van der Waals surface area contributed by atoms with Crippen molar-refractivity contribution in [2.45, 2.75) is 31.7 Å². The molecule has 3 rings (SSSR count). The van der Waals surface area contributed by atoms with E-state index in [2.05, 4.69) is 0 Å². The summed E-state index contributed by atoms with van der Waals surface area (Å²) in [6.07, 6.45) is 4.46. The Hall–Kier alpha value is -1.68. The number of carbonyl (C=O) groups excluding carboxylic acids is 1. The van der Waals surface area contributed by atoms with Crippen molar-refractivity contribution in [1.29, 1.82) is 0 Å². The van der Waals surface area contributed by atoms with Gasteiger partial charge < -0.3 is 0 Å². The number of hydrogen-bond donors (Lipinski definition) is 0. The molecule has 98 valence electrons. The van der Waals surface area contributed by atoms with Crippen molar-refractivity contribution >= 4 is 17.3 Å². The molecule has 1 fully saturated rings. The van der Waals surface area contributed by atoms with Crippen LogP contribution in [-0.2, 0) is 0 Å². The zero-order valence-electron chi connectivity index (χ0n) is 10.5. The minimum absolute atomic E-state index is 0.0313. The maximum atomic E-state index is 12.3. The van der Waals surface area contributed by atoms with Gasteiger partial charge in [0, 0.05) is 17.7 Å². The number of benzene rings is 1. The topological polar surface area (TPSA) is 39.1 Å². The molecular formula is C15H15NO2S. The first-order chi connectivity index (χ1) is 9.25. The Morgan fingerprint density at radius 1 is 1.16 bits per heavy atom. The van der Waals surface area contributed by atoms with Gasteiger partial charge >= 0.3 is 0 Å². The monoisotopic (exact) mass is 273 g/mol. The molecule has 0 N–H and O–H groups in total. The van der Waals surface area contributed by atoms with Crippen molar-refractivity contribution < 1.29 is 4.79 Å². The minimum Gasteiger partial charge on any atom is -0.288 e. The summed E-state index contributed by atoms with van der Waals surface area (Å²) in [6.45, 7) is 0. The van der Waals surface area contributed by atoms with Gasteiger partial charge in [-0.2, -0.15) is 0 Å². The molecule has 0 unspecified atom stereocenters. The average Bonchev–Trinajstić information content (AvgIpc) is 3.08. The van der Waals surface area contributed by atoms with Crippen LogP contribution in [0.15, 0.2) is 41.2 Å². The van der Waals surface area contributed by atoms with E-state index in [0.717, 1.165) is 12.8 Å². The molecule has 0 radical (unpaired) electrons. The van der Waals surface area contributed by atoms with E-state index >= 15 is 0 Å². The Morgan fingerprint density at radius 2 is 1.84 bits per heavy atom. The summed E-state index contributed by atoms with van der Waals surface area (Å²) in [5.41, 5.74) is 0.610. The standard InChI is InChI=1S/C15H15NO2S/c17-14-10-13(15(18)11-6-2-1-3-7-11)19-16(14)12-8-4-5-9-12/h1-3,6-7,10,12H,4-5,8-9H2. The van der Waals surface area contributed by atoms with E-state index in [-0.39, 0.29) is 11.3 Å². The smallest absolute Gasteiger partial charge is 0.261 e. The van der Waals surface area contributed by atoms with Crippen LogP contribution in [0.1, 0.15) is 47.0 Å². The predicted molar refractivity (Wildman–Crippen MR) is 76.0 cm³/mol. The van der Waals surface area contributed by atoms with Gasteiger partial charge in [0.2, 0.25) is 5.78 Å². The highest BCUT2D eigenvalue weighted by Crippen LogP contribution is 2.30. The molecule has 1 aromatic heterocycles. The van der Waals surface area contributed by atoms with Gasteiger partial charge in [-0.1, -0.05) is 54.7 Å². The molecule has 0 spiro atoms. The molecule has 19 heavy (non-hydrogen) atoms. The quantitative estimate of drug-likeness (QED) is 0.805. The third kappa shape index (κ3) is 2.40. The highest BCUT2D eigenvalue weighted by molar-refractivity contribution is 7.08. The van der Waals surface area contributed by atoms with Crippen LogP contribution in [0.5, 0.6) is 0 Å². The fourth-order valence-corrected chi connectivity index (χ4v) is 3.65. The van der Waals surface area contributed by atoms with Crippen molar-refractivity contribution in [3.8, 4) is 0 Å². The minimum atomic E-state index is -0.0561. The zero-order chi connectivity index (χ0) is 13.2. The second-order valence-electron chi connectivity index (χ2n) is 4.90. The highest BCUT2D eigenvalue weighted by atomic mass is 32.1. The second kappa shape index (κ2) is 5.13. The van der Waals surface area contributed by atoms with E-state index in [1.165, 1.54) is 30.4 Å². The van der Waals surface area contributed by atoms with E-state index in [0.29, 0.717) is 16.5 Å². The maximum Gasteiger partial charge on any atom is 0.261 e. The van der Waals surface area contributed by atoms with E-state index in [1.807, 2.05) is 18.2 Å². The van der Waals surface area contributed by atoms with Crippen LogP contribution in [0.4, 0.5) is 0 Å². The average molecular weight is 273 g/mol. The van der Waals surface area contributed by atoms with Gasteiger partial charge in [0.25, 0.3) is 5.56 Å². The van der Waals surface area contributed by atoms with E-state index in [9.17, 15) is 9.59 Å². The normalized spacial score (nSPS) is 15.8. The molecular weight excluding hydrogens is 258 g/mol. The Bertz CT molecular complexity index is 636. The summed E-state index contributed by atoms with van der Waals surface area (Å²) in [6, 6.07) is 10.9. The molecule has 1 aliphatic rings. The molecule has 1 aliphatic carbocycles. The lowest BCUT2D eigenvalue weighted by Gasteiger charge is -2.07. The van der Waals surface area contributed by atoms with Crippen LogP contribution in [0, 0.1) is 0 Å². The van der Waals surface area contributed by atoms with Crippen LogP contribution in [0.3, 0.4) is 0 Å². The van der Waals surface area contributed by atoms with Crippen molar-refractivity contribution in [3.05, 3.63) is 57.2 Å². The molecule has 1 saturated carbocycles. The molecule has 0 saturated heterocycles. The van der Waals surface area contributed by atoms with Gasteiger partial charge in [-0.25, -0.2) is 0 Å². The SMILES string of the molecule is O=C(c1ccccc1)c1cc(=O)n(C2CCCC2)s1. The molecule has 1 heterocycles. The van der Waals surface area contributed by atoms with Crippen LogP contribution < -0.4 is 5.56 Å². The molecule has 3 nitrogen and oxygen atoms in total. The van der Waals surface area contributed by atoms with Crippen molar-refractivity contribution in [3.63, 3.8) is 0 Å². The van der Waals surface area contributed by atoms with E-state index in [4.69, 9.17) is 0 Å². The van der Waals surface area contributed by atoms with Gasteiger partial charge in [0.1, 0.15) is 0 Å². The second-order valence-corrected chi connectivity index (χ2v) is 5.91. The summed E-state index contributed by atoms with van der Waals surface area (Å²) >= 11 is 1.31. The van der Waals surface area contributed by atoms with Gasteiger partial charge in [0.15, 0.2) is 0 Å². The number of rotatable bonds is 3. The molecule has 1 aromatic carbocycles. The molecule has 0 bridgehead atoms. The first-order valence-corrected chi connectivity index (χ1v) is 7.35. The largest absolute Gasteiger partial charge is 0.288 e. The Balaban J connectivity index is 1.92. The van der Waals surface area contributed by atoms with Crippen molar-refractivity contribution in [2.24, 2.45) is 0 Å². The number of nitrogens with zero attached hydrogens (tertiary/aromatic N) is 1. The molecule has 2 aromatic rings. The molecule has 0 aliphatic heterocycles. The lowest BCUT2D eigenvalue weighted by Crippen LogP contribution is -2.15. The maximum absolute atomic E-state index is 12.3. The third-order valence-electron chi connectivity index (χ3n) is 3.58. The van der Waals surface area contributed by atoms with Gasteiger partial charge in [-0.15, -0.1) is 0 Å². The molecule has 0 amide bonds. The van der Waals surface area contributed by atoms with Crippen LogP contribution in [0.25, 0.3) is 0 Å². The lowest BCUT2D eigenvalue weighted by atomic mass is 10.1. The van der Waals surface area contributed by atoms with Crippen molar-refractivity contribution in [2.75, 3.05) is 0 Å². The number of aromatic nitrogens is 1. The third-order valence-corrected chi connectivity index (χ3v) is 4.76. The van der Waals surface area contributed by atoms with Crippen LogP contribution in [-0.4, -0.2) is 9.74 Å². The lowest BCUT2D eigenvalue weighted by molar-refractivity contribution is 0.104. The van der Waals surface area contributed by atoms with Crippen LogP contribution >= 0.6 is 11.5 Å². The van der Waals surface area contributed by atoms with Crippen LogP contribution in [0.2, 0.25) is 0 Å². The first kappa shape index (κ1) is 12.4. The predicted octanol–water partition coefficient (Wildman–Crippen LogP) is 3.26. The summed E-state index contributed by atoms with van der Waals surface area (Å²) in [5, 5.41) is 0. The number of ketones is 1. The number of hydrogen-bond acceptors (Lipinski definition) is 3. The Labute approximate surface area is 115 Å². The first-order valence-electron chi connectivity index (χ1n) is 6.58. The summed E-state index contributed by atoms with van der Waals surface area (Å²) in [5.74, 6) is -0.0561. The fraction of sp³-hybridized carbons (Fsp3) is 0.333. The summed E-state index contributed by atoms with van der Waals surface area (Å²) in [4.78, 5) is 24.8. The zero-order valence-corrected chi connectivity index (χ0v) is 11.4.